The maximum atomic E-state index is 12.2. The predicted octanol–water partition coefficient (Wildman–Crippen LogP) is 2.74. The average Bonchev–Trinajstić information content (AvgIpc) is 3.14. The molecule has 6 nitrogen and oxygen atoms in total. The van der Waals surface area contributed by atoms with Crippen molar-refractivity contribution in [2.24, 2.45) is 5.10 Å². The second-order valence-corrected chi connectivity index (χ2v) is 7.62. The first-order valence-electron chi connectivity index (χ1n) is 10.1. The van der Waals surface area contributed by atoms with Gasteiger partial charge in [-0.3, -0.25) is 14.6 Å². The lowest BCUT2D eigenvalue weighted by atomic mass is 10.1. The number of aromatic amines is 1. The quantitative estimate of drug-likeness (QED) is 0.503. The van der Waals surface area contributed by atoms with Crippen LogP contribution >= 0.6 is 0 Å². The van der Waals surface area contributed by atoms with Crippen molar-refractivity contribution < 1.29 is 4.79 Å². The molecule has 1 saturated heterocycles. The summed E-state index contributed by atoms with van der Waals surface area (Å²) in [5, 5.41) is 5.22. The van der Waals surface area contributed by atoms with E-state index in [9.17, 15) is 4.79 Å². The molecule has 1 fully saturated rings. The lowest BCUT2D eigenvalue weighted by molar-refractivity contribution is -0.122. The summed E-state index contributed by atoms with van der Waals surface area (Å²) in [6.07, 6.45) is 3.59. The van der Waals surface area contributed by atoms with E-state index in [1.807, 2.05) is 30.5 Å². The second kappa shape index (κ2) is 9.03. The molecule has 0 saturated carbocycles. The van der Waals surface area contributed by atoms with Crippen LogP contribution in [0.3, 0.4) is 0 Å². The number of rotatable bonds is 6. The maximum Gasteiger partial charge on any atom is 0.254 e. The van der Waals surface area contributed by atoms with Crippen LogP contribution in [0.2, 0.25) is 0 Å². The zero-order valence-electron chi connectivity index (χ0n) is 16.8. The largest absolute Gasteiger partial charge is 0.361 e. The Hall–Kier alpha value is -2.96. The SMILES string of the molecule is Cc1ccc(CN2CCN(CC(=O)N/N=C\c3c[nH]c4ccccc34)CC2)cc1. The van der Waals surface area contributed by atoms with Crippen molar-refractivity contribution in [1.29, 1.82) is 0 Å². The van der Waals surface area contributed by atoms with Gasteiger partial charge in [-0.25, -0.2) is 5.43 Å². The number of nitrogens with zero attached hydrogens (tertiary/aromatic N) is 3. The fourth-order valence-corrected chi connectivity index (χ4v) is 3.67. The summed E-state index contributed by atoms with van der Waals surface area (Å²) in [7, 11) is 0. The van der Waals surface area contributed by atoms with E-state index in [2.05, 4.69) is 56.5 Å². The van der Waals surface area contributed by atoms with E-state index in [4.69, 9.17) is 0 Å². The van der Waals surface area contributed by atoms with Gasteiger partial charge < -0.3 is 4.98 Å². The van der Waals surface area contributed by atoms with Crippen molar-refractivity contribution in [3.8, 4) is 0 Å². The molecule has 150 valence electrons. The third kappa shape index (κ3) is 5.10. The lowest BCUT2D eigenvalue weighted by Gasteiger charge is -2.34. The number of hydrazone groups is 1. The van der Waals surface area contributed by atoms with Gasteiger partial charge in [0.1, 0.15) is 0 Å². The highest BCUT2D eigenvalue weighted by molar-refractivity contribution is 5.99. The number of piperazine rings is 1. The first kappa shape index (κ1) is 19.4. The first-order chi connectivity index (χ1) is 14.2. The van der Waals surface area contributed by atoms with Crippen LogP contribution in [0.1, 0.15) is 16.7 Å². The van der Waals surface area contributed by atoms with E-state index in [0.717, 1.165) is 49.2 Å². The molecule has 2 heterocycles. The van der Waals surface area contributed by atoms with E-state index in [1.54, 1.807) is 6.21 Å². The van der Waals surface area contributed by atoms with Gasteiger partial charge in [0.05, 0.1) is 12.8 Å². The van der Waals surface area contributed by atoms with Crippen LogP contribution in [-0.4, -0.2) is 59.6 Å². The minimum absolute atomic E-state index is 0.0759. The molecule has 0 radical (unpaired) electrons. The first-order valence-corrected chi connectivity index (χ1v) is 10.1. The highest BCUT2D eigenvalue weighted by Crippen LogP contribution is 2.15. The molecule has 3 aromatic rings. The molecule has 2 N–H and O–H groups in total. The van der Waals surface area contributed by atoms with Crippen LogP contribution < -0.4 is 5.43 Å². The summed E-state index contributed by atoms with van der Waals surface area (Å²) >= 11 is 0. The number of carbonyl (C=O) groups excluding carboxylic acids is 1. The molecule has 0 aliphatic carbocycles. The molecule has 1 aliphatic rings. The Labute approximate surface area is 171 Å². The number of para-hydroxylation sites is 1. The van der Waals surface area contributed by atoms with Crippen LogP contribution in [0.25, 0.3) is 10.9 Å². The number of H-pyrrole nitrogens is 1. The van der Waals surface area contributed by atoms with Crippen LogP contribution in [0, 0.1) is 6.92 Å². The Balaban J connectivity index is 1.21. The maximum absolute atomic E-state index is 12.2. The molecule has 0 unspecified atom stereocenters. The number of aryl methyl sites for hydroxylation is 1. The van der Waals surface area contributed by atoms with Crippen molar-refractivity contribution >= 4 is 23.0 Å². The van der Waals surface area contributed by atoms with Gasteiger partial charge in [0, 0.05) is 55.4 Å². The van der Waals surface area contributed by atoms with Crippen molar-refractivity contribution in [2.75, 3.05) is 32.7 Å². The van der Waals surface area contributed by atoms with E-state index in [-0.39, 0.29) is 5.91 Å². The highest BCUT2D eigenvalue weighted by Gasteiger charge is 2.18. The third-order valence-corrected chi connectivity index (χ3v) is 5.37. The van der Waals surface area contributed by atoms with Crippen molar-refractivity contribution in [3.63, 3.8) is 0 Å². The van der Waals surface area contributed by atoms with Crippen LogP contribution in [0.5, 0.6) is 0 Å². The molecular formula is C23H27N5O. The Morgan fingerprint density at radius 3 is 2.59 bits per heavy atom. The van der Waals surface area contributed by atoms with Crippen LogP contribution in [-0.2, 0) is 11.3 Å². The van der Waals surface area contributed by atoms with Gasteiger partial charge in [-0.1, -0.05) is 48.0 Å². The van der Waals surface area contributed by atoms with Gasteiger partial charge in [0.15, 0.2) is 0 Å². The molecule has 0 bridgehead atoms. The Bertz CT molecular complexity index is 984. The number of carbonyl (C=O) groups is 1. The topological polar surface area (TPSA) is 63.7 Å². The van der Waals surface area contributed by atoms with Gasteiger partial charge in [0.25, 0.3) is 5.91 Å². The Morgan fingerprint density at radius 2 is 1.79 bits per heavy atom. The smallest absolute Gasteiger partial charge is 0.254 e. The molecule has 1 amide bonds. The standard InChI is InChI=1S/C23H27N5O/c1-18-6-8-19(9-7-18)16-27-10-12-28(13-11-27)17-23(29)26-25-15-20-14-24-22-5-3-2-4-21(20)22/h2-9,14-15,24H,10-13,16-17H2,1H3,(H,26,29)/b25-15-. The van der Waals surface area contributed by atoms with Gasteiger partial charge in [-0.15, -0.1) is 0 Å². The fourth-order valence-electron chi connectivity index (χ4n) is 3.67. The number of fused-ring (bicyclic) bond motifs is 1. The van der Waals surface area contributed by atoms with Gasteiger partial charge >= 0.3 is 0 Å². The molecule has 6 heteroatoms. The van der Waals surface area contributed by atoms with Crippen molar-refractivity contribution in [2.45, 2.75) is 13.5 Å². The molecular weight excluding hydrogens is 362 g/mol. The Morgan fingerprint density at radius 1 is 1.07 bits per heavy atom. The average molecular weight is 390 g/mol. The van der Waals surface area contributed by atoms with Crippen LogP contribution in [0.4, 0.5) is 0 Å². The molecule has 0 atom stereocenters. The van der Waals surface area contributed by atoms with Gasteiger partial charge in [-0.05, 0) is 18.6 Å². The fraction of sp³-hybridized carbons (Fsp3) is 0.304. The summed E-state index contributed by atoms with van der Waals surface area (Å²) in [6.45, 7) is 7.19. The zero-order valence-corrected chi connectivity index (χ0v) is 16.8. The number of aromatic nitrogens is 1. The minimum atomic E-state index is -0.0759. The second-order valence-electron chi connectivity index (χ2n) is 7.62. The monoisotopic (exact) mass is 389 g/mol. The molecule has 1 aromatic heterocycles. The molecule has 4 rings (SSSR count). The highest BCUT2D eigenvalue weighted by atomic mass is 16.2. The van der Waals surface area contributed by atoms with Crippen LogP contribution in [0.15, 0.2) is 59.8 Å². The van der Waals surface area contributed by atoms with Crippen molar-refractivity contribution in [3.05, 3.63) is 71.4 Å². The third-order valence-electron chi connectivity index (χ3n) is 5.37. The summed E-state index contributed by atoms with van der Waals surface area (Å²) in [4.78, 5) is 20.0. The lowest BCUT2D eigenvalue weighted by Crippen LogP contribution is -2.48. The number of nitrogens with one attached hydrogen (secondary N) is 2. The number of amides is 1. The van der Waals surface area contributed by atoms with E-state index >= 15 is 0 Å². The summed E-state index contributed by atoms with van der Waals surface area (Å²) < 4.78 is 0. The van der Waals surface area contributed by atoms with E-state index in [0.29, 0.717) is 6.54 Å². The Kier molecular flexibility index (Phi) is 6.03. The number of hydrogen-bond acceptors (Lipinski definition) is 4. The normalized spacial score (nSPS) is 15.9. The summed E-state index contributed by atoms with van der Waals surface area (Å²) in [5.41, 5.74) is 7.30. The molecule has 0 spiro atoms. The molecule has 29 heavy (non-hydrogen) atoms. The number of hydrogen-bond donors (Lipinski definition) is 2. The van der Waals surface area contributed by atoms with Gasteiger partial charge in [-0.2, -0.15) is 5.10 Å². The summed E-state index contributed by atoms with van der Waals surface area (Å²) in [6, 6.07) is 16.7. The summed E-state index contributed by atoms with van der Waals surface area (Å²) in [5.74, 6) is -0.0759. The van der Waals surface area contributed by atoms with Gasteiger partial charge in [0.2, 0.25) is 0 Å². The molecule has 1 aliphatic heterocycles. The predicted molar refractivity (Wildman–Crippen MR) is 117 cm³/mol. The van der Waals surface area contributed by atoms with E-state index in [1.165, 1.54) is 11.1 Å². The van der Waals surface area contributed by atoms with Crippen molar-refractivity contribution in [1.82, 2.24) is 20.2 Å². The minimum Gasteiger partial charge on any atom is -0.361 e. The zero-order chi connectivity index (χ0) is 20.1. The number of benzene rings is 2. The molecule has 2 aromatic carbocycles. The van der Waals surface area contributed by atoms with E-state index < -0.39 is 0 Å².